The molecule has 0 aromatic carbocycles. The molecule has 0 spiro atoms. The molecular weight excluding hydrogens is 227 g/mol. The molecule has 3 unspecified atom stereocenters. The Balaban J connectivity index is -0.0000000542. The molecule has 0 rings (SSSR count). The van der Waals surface area contributed by atoms with Gasteiger partial charge >= 0.3 is 0 Å². The Morgan fingerprint density at radius 3 is 1.38 bits per heavy atom. The van der Waals surface area contributed by atoms with Gasteiger partial charge in [-0.05, 0) is 17.2 Å². The molecule has 0 aliphatic carbocycles. The second-order valence-corrected chi connectivity index (χ2v) is 1.31. The van der Waals surface area contributed by atoms with E-state index >= 15 is 0 Å². The van der Waals surface area contributed by atoms with Crippen molar-refractivity contribution in [3.63, 3.8) is 0 Å². The van der Waals surface area contributed by atoms with Crippen LogP contribution < -0.4 is 0 Å². The summed E-state index contributed by atoms with van der Waals surface area (Å²) in [6.45, 7) is 0. The largest absolute Gasteiger partial charge is 0.349 e. The van der Waals surface area contributed by atoms with Gasteiger partial charge in [-0.1, -0.05) is 11.2 Å². The van der Waals surface area contributed by atoms with Gasteiger partial charge in [-0.3, -0.25) is 0 Å². The lowest BCUT2D eigenvalue weighted by molar-refractivity contribution is 0.484. The lowest BCUT2D eigenvalue weighted by Crippen LogP contribution is -1.43. The minimum atomic E-state index is 0.113. The molecule has 0 aliphatic heterocycles. The third-order valence-electron chi connectivity index (χ3n) is 0.0772. The molecule has 8 heavy (non-hydrogen) atoms. The molecule has 0 bridgehead atoms. The van der Waals surface area contributed by atoms with Crippen molar-refractivity contribution >= 4 is 59.1 Å². The van der Waals surface area contributed by atoms with Crippen LogP contribution in [-0.4, -0.2) is 7.11 Å². The minimum absolute atomic E-state index is 0.113. The average Bonchev–Trinajstić information content (AvgIpc) is 1.96. The molecule has 0 aromatic heterocycles. The van der Waals surface area contributed by atoms with E-state index in [1.807, 2.05) is 17.2 Å². The number of hydrogen-bond donors (Lipinski definition) is 0. The molecule has 0 fully saturated rings. The monoisotopic (exact) mass is 234 g/mol. The summed E-state index contributed by atoms with van der Waals surface area (Å²) in [6, 6.07) is 0. The van der Waals surface area contributed by atoms with Crippen molar-refractivity contribution in [1.29, 1.82) is 0 Å². The number of hydrogen-bond acceptors (Lipinski definition) is 1. The summed E-state index contributed by atoms with van der Waals surface area (Å²) in [5.41, 5.74) is 0. The van der Waals surface area contributed by atoms with Crippen LogP contribution in [0.5, 0.6) is 0 Å². The highest BCUT2D eigenvalue weighted by Crippen LogP contribution is 2.13. The van der Waals surface area contributed by atoms with E-state index in [0.717, 1.165) is 0 Å². The van der Waals surface area contributed by atoms with Crippen molar-refractivity contribution in [3.8, 4) is 0 Å². The van der Waals surface area contributed by atoms with E-state index in [9.17, 15) is 0 Å². The van der Waals surface area contributed by atoms with Crippen molar-refractivity contribution < 1.29 is 4.52 Å². The maximum atomic E-state index is 4.99. The van der Waals surface area contributed by atoms with Gasteiger partial charge in [-0.15, -0.1) is 22.5 Å². The van der Waals surface area contributed by atoms with E-state index in [-0.39, 0.29) is 8.16 Å². The maximum Gasteiger partial charge on any atom is 0.109 e. The van der Waals surface area contributed by atoms with Crippen molar-refractivity contribution in [1.82, 2.24) is 0 Å². The summed E-state index contributed by atoms with van der Waals surface area (Å²) < 4.78 is 4.33. The van der Waals surface area contributed by atoms with Crippen LogP contribution >= 0.6 is 59.1 Å². The number of rotatable bonds is 1. The molecule has 0 heterocycles. The van der Waals surface area contributed by atoms with Gasteiger partial charge in [0.05, 0.1) is 0 Å². The highest BCUT2D eigenvalue weighted by molar-refractivity contribution is 7.64. The van der Waals surface area contributed by atoms with Crippen molar-refractivity contribution in [3.05, 3.63) is 0 Å². The lowest BCUT2D eigenvalue weighted by Gasteiger charge is -1.73. The Hall–Kier alpha value is 2.12. The fraction of sp³-hybridized carbons (Fsp3) is 1.00. The van der Waals surface area contributed by atoms with E-state index in [2.05, 4.69) is 27.0 Å². The van der Waals surface area contributed by atoms with Crippen LogP contribution in [-0.2, 0) is 4.52 Å². The smallest absolute Gasteiger partial charge is 0.109 e. The molecule has 3 atom stereocenters. The van der Waals surface area contributed by atoms with Crippen LogP contribution in [0, 0.1) is 0 Å². The van der Waals surface area contributed by atoms with Gasteiger partial charge in [0.15, 0.2) is 0 Å². The summed E-state index contributed by atoms with van der Waals surface area (Å²) >= 11 is 14.1. The van der Waals surface area contributed by atoms with Crippen LogP contribution in [0.1, 0.15) is 0 Å². The Labute approximate surface area is 70.8 Å². The van der Waals surface area contributed by atoms with Gasteiger partial charge in [-0.25, -0.2) is 0 Å². The zero-order chi connectivity index (χ0) is 7.41. The zero-order valence-electron chi connectivity index (χ0n) is 4.20. The number of halogens is 3. The van der Waals surface area contributed by atoms with Crippen molar-refractivity contribution in [2.45, 2.75) is 0 Å². The van der Waals surface area contributed by atoms with Gasteiger partial charge in [-0.2, -0.15) is 0 Å². The average molecular weight is 235 g/mol. The van der Waals surface area contributed by atoms with Gasteiger partial charge in [0.25, 0.3) is 0 Å². The van der Waals surface area contributed by atoms with Crippen molar-refractivity contribution in [2.75, 3.05) is 7.11 Å². The Morgan fingerprint density at radius 2 is 1.38 bits per heavy atom. The molecule has 54 valence electrons. The summed E-state index contributed by atoms with van der Waals surface area (Å²) in [5.74, 6) is 0. The minimum Gasteiger partial charge on any atom is -0.349 e. The first kappa shape index (κ1) is 16.6. The molecule has 0 radical (unpaired) electrons. The van der Waals surface area contributed by atoms with Gasteiger partial charge < -0.3 is 4.52 Å². The SMILES string of the molecule is COPCl.PCl.PCl. The summed E-state index contributed by atoms with van der Waals surface area (Å²) in [5, 5.41) is 0. The van der Waals surface area contributed by atoms with E-state index in [1.165, 1.54) is 0 Å². The fourth-order valence-electron chi connectivity index (χ4n) is 0. The first-order valence-corrected chi connectivity index (χ1v) is 6.65. The Bertz CT molecular complexity index is 16.5. The molecule has 0 saturated heterocycles. The standard InChI is InChI=1S/CH4ClOP.2ClH2P/c1-3-4-2;2*1-2/h4H,1H3;2*2H2. The van der Waals surface area contributed by atoms with Crippen LogP contribution in [0.2, 0.25) is 0 Å². The molecule has 1 nitrogen and oxygen atoms in total. The quantitative estimate of drug-likeness (QED) is 0.633. The fourth-order valence-corrected chi connectivity index (χ4v) is 0. The van der Waals surface area contributed by atoms with E-state index in [0.29, 0.717) is 0 Å². The van der Waals surface area contributed by atoms with Crippen LogP contribution in [0.4, 0.5) is 0 Å². The van der Waals surface area contributed by atoms with E-state index < -0.39 is 0 Å². The third kappa shape index (κ3) is 42.3. The molecule has 0 amide bonds. The maximum absolute atomic E-state index is 4.99. The highest BCUT2D eigenvalue weighted by atomic mass is 35.7. The highest BCUT2D eigenvalue weighted by Gasteiger charge is 1.55. The molecular formula is CH8Cl3OP3. The first-order valence-electron chi connectivity index (χ1n) is 1.24. The molecule has 0 saturated carbocycles. The Morgan fingerprint density at radius 1 is 1.25 bits per heavy atom. The van der Waals surface area contributed by atoms with Gasteiger partial charge in [0.1, 0.15) is 8.16 Å². The second kappa shape index (κ2) is 35.4. The van der Waals surface area contributed by atoms with E-state index in [1.54, 1.807) is 7.11 Å². The first-order chi connectivity index (χ1) is 3.91. The summed E-state index contributed by atoms with van der Waals surface area (Å²) in [4.78, 5) is 0. The third-order valence-corrected chi connectivity index (χ3v) is 0.694. The molecule has 0 aliphatic rings. The molecule has 0 aromatic rings. The van der Waals surface area contributed by atoms with Crippen LogP contribution in [0.25, 0.3) is 0 Å². The normalized spacial score (nSPS) is 6.75. The zero-order valence-corrected chi connectivity index (χ0v) is 9.77. The molecule has 7 heteroatoms. The predicted molar refractivity (Wildman–Crippen MR) is 52.3 cm³/mol. The topological polar surface area (TPSA) is 9.23 Å². The second-order valence-electron chi connectivity index (χ2n) is 0.281. The van der Waals surface area contributed by atoms with E-state index in [4.69, 9.17) is 11.2 Å². The predicted octanol–water partition coefficient (Wildman–Crippen LogP) is 3.41. The Kier molecular flexibility index (Phi) is 73.5. The lowest BCUT2D eigenvalue weighted by atomic mass is 11.8. The summed E-state index contributed by atoms with van der Waals surface area (Å²) in [7, 11) is 5.45. The van der Waals surface area contributed by atoms with Gasteiger partial charge in [0.2, 0.25) is 0 Å². The van der Waals surface area contributed by atoms with Crippen molar-refractivity contribution in [2.24, 2.45) is 0 Å². The summed E-state index contributed by atoms with van der Waals surface area (Å²) in [6.07, 6.45) is 0. The molecule has 0 N–H and O–H groups in total. The van der Waals surface area contributed by atoms with Crippen LogP contribution in [0.3, 0.4) is 0 Å². The van der Waals surface area contributed by atoms with Crippen LogP contribution in [0.15, 0.2) is 0 Å². The van der Waals surface area contributed by atoms with Gasteiger partial charge in [0, 0.05) is 7.11 Å².